The minimum Gasteiger partial charge on any atom is -0.444 e. The summed E-state index contributed by atoms with van der Waals surface area (Å²) in [6.45, 7) is 8.45. The van der Waals surface area contributed by atoms with Gasteiger partial charge in [0.1, 0.15) is 5.60 Å². The van der Waals surface area contributed by atoms with E-state index in [-0.39, 0.29) is 5.91 Å². The summed E-state index contributed by atoms with van der Waals surface area (Å²) in [5, 5.41) is 13.0. The third kappa shape index (κ3) is 5.77. The zero-order chi connectivity index (χ0) is 15.4. The van der Waals surface area contributed by atoms with Crippen molar-refractivity contribution in [3.63, 3.8) is 0 Å². The molecule has 6 nitrogen and oxygen atoms in total. The highest BCUT2D eigenvalue weighted by Crippen LogP contribution is 2.25. The highest BCUT2D eigenvalue weighted by atomic mass is 16.6. The Morgan fingerprint density at radius 1 is 1.30 bits per heavy atom. The second-order valence-corrected chi connectivity index (χ2v) is 6.41. The molecule has 0 spiro atoms. The van der Waals surface area contributed by atoms with E-state index in [9.17, 15) is 14.7 Å². The van der Waals surface area contributed by atoms with Crippen molar-refractivity contribution >= 4 is 12.0 Å². The summed E-state index contributed by atoms with van der Waals surface area (Å²) in [4.78, 5) is 24.4. The first-order valence-electron chi connectivity index (χ1n) is 7.06. The first-order chi connectivity index (χ1) is 9.11. The third-order valence-electron chi connectivity index (χ3n) is 3.40. The van der Waals surface area contributed by atoms with Crippen molar-refractivity contribution in [1.82, 2.24) is 10.2 Å². The molecule has 0 bridgehead atoms. The van der Waals surface area contributed by atoms with Gasteiger partial charge in [-0.05, 0) is 40.0 Å². The van der Waals surface area contributed by atoms with Gasteiger partial charge >= 0.3 is 6.09 Å². The second-order valence-electron chi connectivity index (χ2n) is 6.41. The van der Waals surface area contributed by atoms with Crippen LogP contribution in [0, 0.1) is 0 Å². The van der Waals surface area contributed by atoms with Crippen LogP contribution < -0.4 is 5.32 Å². The molecular weight excluding hydrogens is 260 g/mol. The maximum atomic E-state index is 11.5. The second kappa shape index (κ2) is 6.43. The van der Waals surface area contributed by atoms with Crippen LogP contribution in [-0.4, -0.2) is 52.8 Å². The van der Waals surface area contributed by atoms with Crippen molar-refractivity contribution in [2.24, 2.45) is 0 Å². The lowest BCUT2D eigenvalue weighted by Crippen LogP contribution is -2.47. The van der Waals surface area contributed by atoms with Crippen molar-refractivity contribution < 1.29 is 19.4 Å². The summed E-state index contributed by atoms with van der Waals surface area (Å²) < 4.78 is 5.12. The number of hydrogen-bond donors (Lipinski definition) is 2. The lowest BCUT2D eigenvalue weighted by molar-refractivity contribution is -0.133. The van der Waals surface area contributed by atoms with Crippen LogP contribution in [0.2, 0.25) is 0 Å². The van der Waals surface area contributed by atoms with Gasteiger partial charge in [-0.2, -0.15) is 0 Å². The molecule has 1 aliphatic rings. The summed E-state index contributed by atoms with van der Waals surface area (Å²) in [6.07, 6.45) is 1.09. The van der Waals surface area contributed by atoms with Crippen LogP contribution in [0.15, 0.2) is 0 Å². The van der Waals surface area contributed by atoms with E-state index in [0.717, 1.165) is 0 Å². The summed E-state index contributed by atoms with van der Waals surface area (Å²) in [5.41, 5.74) is -1.32. The van der Waals surface area contributed by atoms with E-state index in [1.54, 1.807) is 25.7 Å². The van der Waals surface area contributed by atoms with Crippen molar-refractivity contribution in [3.05, 3.63) is 0 Å². The SMILES string of the molecule is CC(=O)N1CCC(O)(CCNC(=O)OC(C)(C)C)CC1. The third-order valence-corrected chi connectivity index (χ3v) is 3.40. The lowest BCUT2D eigenvalue weighted by Gasteiger charge is -2.38. The molecule has 6 heteroatoms. The highest BCUT2D eigenvalue weighted by molar-refractivity contribution is 5.73. The lowest BCUT2D eigenvalue weighted by atomic mass is 9.88. The molecular formula is C14H26N2O4. The van der Waals surface area contributed by atoms with E-state index in [1.807, 2.05) is 0 Å². The molecule has 0 saturated carbocycles. The first-order valence-corrected chi connectivity index (χ1v) is 7.06. The predicted molar refractivity (Wildman–Crippen MR) is 75.3 cm³/mol. The molecule has 0 aromatic rings. The number of likely N-dealkylation sites (tertiary alicyclic amines) is 1. The topological polar surface area (TPSA) is 78.9 Å². The number of rotatable bonds is 3. The average Bonchev–Trinajstić information content (AvgIpc) is 2.26. The molecule has 1 saturated heterocycles. The molecule has 0 aromatic carbocycles. The predicted octanol–water partition coefficient (Wildman–Crippen LogP) is 1.27. The minimum absolute atomic E-state index is 0.0407. The Morgan fingerprint density at radius 2 is 1.85 bits per heavy atom. The number of carbonyl (C=O) groups is 2. The van der Waals surface area contributed by atoms with Gasteiger partial charge in [-0.3, -0.25) is 4.79 Å². The normalized spacial score (nSPS) is 18.6. The maximum Gasteiger partial charge on any atom is 0.407 e. The number of nitrogens with one attached hydrogen (secondary N) is 1. The monoisotopic (exact) mass is 286 g/mol. The molecule has 0 atom stereocenters. The fourth-order valence-electron chi connectivity index (χ4n) is 2.20. The fourth-order valence-corrected chi connectivity index (χ4v) is 2.20. The molecule has 1 rings (SSSR count). The van der Waals surface area contributed by atoms with E-state index in [2.05, 4.69) is 5.32 Å². The molecule has 2 amide bonds. The smallest absolute Gasteiger partial charge is 0.407 e. The van der Waals surface area contributed by atoms with Crippen LogP contribution in [0.4, 0.5) is 4.79 Å². The number of hydrogen-bond acceptors (Lipinski definition) is 4. The van der Waals surface area contributed by atoms with Crippen LogP contribution in [0.3, 0.4) is 0 Å². The quantitative estimate of drug-likeness (QED) is 0.819. The zero-order valence-corrected chi connectivity index (χ0v) is 12.9. The van der Waals surface area contributed by atoms with Crippen molar-refractivity contribution in [1.29, 1.82) is 0 Å². The molecule has 1 fully saturated rings. The van der Waals surface area contributed by atoms with Crippen molar-refractivity contribution in [2.45, 2.75) is 58.2 Å². The van der Waals surface area contributed by atoms with E-state index < -0.39 is 17.3 Å². The van der Waals surface area contributed by atoms with Gasteiger partial charge in [0.2, 0.25) is 5.91 Å². The van der Waals surface area contributed by atoms with Gasteiger partial charge in [0.15, 0.2) is 0 Å². The van der Waals surface area contributed by atoms with Gasteiger partial charge in [-0.15, -0.1) is 0 Å². The summed E-state index contributed by atoms with van der Waals surface area (Å²) in [6, 6.07) is 0. The molecule has 20 heavy (non-hydrogen) atoms. The Morgan fingerprint density at radius 3 is 2.30 bits per heavy atom. The Bertz CT molecular complexity index is 355. The Balaban J connectivity index is 2.28. The van der Waals surface area contributed by atoms with E-state index in [0.29, 0.717) is 38.9 Å². The number of piperidine rings is 1. The van der Waals surface area contributed by atoms with Crippen LogP contribution in [0.1, 0.15) is 47.0 Å². The maximum absolute atomic E-state index is 11.5. The van der Waals surface area contributed by atoms with Crippen molar-refractivity contribution in [3.8, 4) is 0 Å². The molecule has 0 unspecified atom stereocenters. The number of ether oxygens (including phenoxy) is 1. The largest absolute Gasteiger partial charge is 0.444 e. The highest BCUT2D eigenvalue weighted by Gasteiger charge is 2.32. The summed E-state index contributed by atoms with van der Waals surface area (Å²) in [7, 11) is 0. The molecule has 116 valence electrons. The first kappa shape index (κ1) is 16.8. The van der Waals surface area contributed by atoms with Gasteiger partial charge in [-0.1, -0.05) is 0 Å². The van der Waals surface area contributed by atoms with Gasteiger partial charge in [-0.25, -0.2) is 4.79 Å². The Labute approximate surface area is 120 Å². The van der Waals surface area contributed by atoms with Crippen LogP contribution in [0.5, 0.6) is 0 Å². The molecule has 1 aliphatic heterocycles. The Hall–Kier alpha value is -1.30. The molecule has 0 radical (unpaired) electrons. The van der Waals surface area contributed by atoms with Gasteiger partial charge < -0.3 is 20.1 Å². The number of nitrogens with zero attached hydrogens (tertiary/aromatic N) is 1. The molecule has 2 N–H and O–H groups in total. The van der Waals surface area contributed by atoms with E-state index >= 15 is 0 Å². The van der Waals surface area contributed by atoms with Crippen LogP contribution in [0.25, 0.3) is 0 Å². The van der Waals surface area contributed by atoms with Gasteiger partial charge in [0.25, 0.3) is 0 Å². The Kier molecular flexibility index (Phi) is 5.39. The van der Waals surface area contributed by atoms with Gasteiger partial charge in [0, 0.05) is 26.6 Å². The molecule has 0 aromatic heterocycles. The van der Waals surface area contributed by atoms with E-state index in [1.165, 1.54) is 6.92 Å². The summed E-state index contributed by atoms with van der Waals surface area (Å²) in [5.74, 6) is 0.0407. The van der Waals surface area contributed by atoms with Crippen LogP contribution in [-0.2, 0) is 9.53 Å². The standard InChI is InChI=1S/C14H26N2O4/c1-11(17)16-9-6-14(19,7-10-16)5-8-15-12(18)20-13(2,3)4/h19H,5-10H2,1-4H3,(H,15,18). The average molecular weight is 286 g/mol. The van der Waals surface area contributed by atoms with E-state index in [4.69, 9.17) is 4.74 Å². The molecule has 1 heterocycles. The molecule has 0 aliphatic carbocycles. The minimum atomic E-state index is -0.805. The number of alkyl carbamates (subject to hydrolysis) is 1. The van der Waals surface area contributed by atoms with Gasteiger partial charge in [0.05, 0.1) is 5.60 Å². The van der Waals surface area contributed by atoms with Crippen molar-refractivity contribution in [2.75, 3.05) is 19.6 Å². The van der Waals surface area contributed by atoms with Crippen LogP contribution >= 0.6 is 0 Å². The number of carbonyl (C=O) groups excluding carboxylic acids is 2. The fraction of sp³-hybridized carbons (Fsp3) is 0.857. The number of aliphatic hydroxyl groups is 1. The number of amides is 2. The summed E-state index contributed by atoms with van der Waals surface area (Å²) >= 11 is 0. The zero-order valence-electron chi connectivity index (χ0n) is 12.9.